The Bertz CT molecular complexity index is 491. The Hall–Kier alpha value is -1.88. The molecular formula is C16H22N2O3. The summed E-state index contributed by atoms with van der Waals surface area (Å²) < 4.78 is 5.39. The van der Waals surface area contributed by atoms with Crippen molar-refractivity contribution in [3.05, 3.63) is 29.8 Å². The molecule has 2 rings (SSSR count). The third kappa shape index (κ3) is 4.56. The number of carbonyl (C=O) groups excluding carboxylic acids is 2. The van der Waals surface area contributed by atoms with Crippen molar-refractivity contribution in [2.24, 2.45) is 0 Å². The van der Waals surface area contributed by atoms with Crippen molar-refractivity contribution < 1.29 is 14.3 Å². The molecule has 0 bridgehead atoms. The first kappa shape index (κ1) is 15.5. The molecule has 1 saturated heterocycles. The van der Waals surface area contributed by atoms with Gasteiger partial charge >= 0.3 is 11.8 Å². The van der Waals surface area contributed by atoms with E-state index < -0.39 is 11.8 Å². The van der Waals surface area contributed by atoms with Crippen LogP contribution >= 0.6 is 0 Å². The number of nitrogens with one attached hydrogen (secondary N) is 2. The van der Waals surface area contributed by atoms with Gasteiger partial charge in [-0.25, -0.2) is 0 Å². The molecule has 2 amide bonds. The van der Waals surface area contributed by atoms with E-state index in [1.807, 2.05) is 12.1 Å². The lowest BCUT2D eigenvalue weighted by atomic mass is 10.0. The second-order valence-electron chi connectivity index (χ2n) is 5.58. The Balaban J connectivity index is 1.80. The third-order valence-electron chi connectivity index (χ3n) is 3.56. The van der Waals surface area contributed by atoms with Crippen LogP contribution in [0.15, 0.2) is 24.3 Å². The molecular weight excluding hydrogens is 268 g/mol. The van der Waals surface area contributed by atoms with Crippen LogP contribution in [0.3, 0.4) is 0 Å². The number of benzene rings is 1. The van der Waals surface area contributed by atoms with Gasteiger partial charge in [0.05, 0.1) is 6.10 Å². The van der Waals surface area contributed by atoms with Gasteiger partial charge in [-0.3, -0.25) is 9.59 Å². The molecule has 2 N–H and O–H groups in total. The molecule has 1 atom stereocenters. The van der Waals surface area contributed by atoms with Gasteiger partial charge in [-0.05, 0) is 36.5 Å². The highest BCUT2D eigenvalue weighted by Gasteiger charge is 2.19. The monoisotopic (exact) mass is 290 g/mol. The fourth-order valence-electron chi connectivity index (χ4n) is 2.23. The highest BCUT2D eigenvalue weighted by Crippen LogP contribution is 2.17. The van der Waals surface area contributed by atoms with E-state index >= 15 is 0 Å². The topological polar surface area (TPSA) is 67.4 Å². The summed E-state index contributed by atoms with van der Waals surface area (Å²) in [6.07, 6.45) is 1.97. The third-order valence-corrected chi connectivity index (χ3v) is 3.56. The summed E-state index contributed by atoms with van der Waals surface area (Å²) in [7, 11) is 0. The van der Waals surface area contributed by atoms with Crippen molar-refractivity contribution in [2.45, 2.75) is 38.7 Å². The number of rotatable bonds is 4. The summed E-state index contributed by atoms with van der Waals surface area (Å²) in [6, 6.07) is 7.51. The van der Waals surface area contributed by atoms with E-state index in [4.69, 9.17) is 4.74 Å². The number of anilines is 1. The van der Waals surface area contributed by atoms with Crippen molar-refractivity contribution in [3.8, 4) is 0 Å². The van der Waals surface area contributed by atoms with Crippen molar-refractivity contribution >= 4 is 17.5 Å². The maximum atomic E-state index is 11.8. The first-order chi connectivity index (χ1) is 10.1. The second-order valence-corrected chi connectivity index (χ2v) is 5.58. The Kier molecular flexibility index (Phi) is 5.33. The van der Waals surface area contributed by atoms with Gasteiger partial charge in [0.15, 0.2) is 0 Å². The van der Waals surface area contributed by atoms with Gasteiger partial charge in [-0.2, -0.15) is 0 Å². The lowest BCUT2D eigenvalue weighted by Crippen LogP contribution is -2.39. The Labute approximate surface area is 125 Å². The molecule has 1 aliphatic rings. The van der Waals surface area contributed by atoms with Crippen LogP contribution in [0.4, 0.5) is 5.69 Å². The number of hydrogen-bond acceptors (Lipinski definition) is 3. The van der Waals surface area contributed by atoms with Crippen LogP contribution in [0.5, 0.6) is 0 Å². The summed E-state index contributed by atoms with van der Waals surface area (Å²) in [5, 5.41) is 5.19. The standard InChI is InChI=1S/C16H22N2O3/c1-11(2)12-5-7-13(8-6-12)18-16(20)15(19)17-10-14-4-3-9-21-14/h5-8,11,14H,3-4,9-10H2,1-2H3,(H,17,19)(H,18,20). The molecule has 0 saturated carbocycles. The molecule has 0 radical (unpaired) electrons. The van der Waals surface area contributed by atoms with E-state index in [1.165, 1.54) is 5.56 Å². The molecule has 5 nitrogen and oxygen atoms in total. The molecule has 0 spiro atoms. The van der Waals surface area contributed by atoms with Gasteiger partial charge in [-0.1, -0.05) is 26.0 Å². The Morgan fingerprint density at radius 1 is 1.24 bits per heavy atom. The smallest absolute Gasteiger partial charge is 0.313 e. The zero-order valence-electron chi connectivity index (χ0n) is 12.5. The van der Waals surface area contributed by atoms with Gasteiger partial charge in [0, 0.05) is 18.8 Å². The van der Waals surface area contributed by atoms with E-state index in [9.17, 15) is 9.59 Å². The first-order valence-corrected chi connectivity index (χ1v) is 7.37. The largest absolute Gasteiger partial charge is 0.376 e. The zero-order chi connectivity index (χ0) is 15.2. The van der Waals surface area contributed by atoms with Crippen LogP contribution in [0, 0.1) is 0 Å². The van der Waals surface area contributed by atoms with E-state index in [-0.39, 0.29) is 6.10 Å². The predicted octanol–water partition coefficient (Wildman–Crippen LogP) is 2.04. The summed E-state index contributed by atoms with van der Waals surface area (Å²) in [4.78, 5) is 23.5. The van der Waals surface area contributed by atoms with Crippen LogP contribution in [-0.4, -0.2) is 31.1 Å². The lowest BCUT2D eigenvalue weighted by molar-refractivity contribution is -0.136. The van der Waals surface area contributed by atoms with Gasteiger partial charge in [0.2, 0.25) is 0 Å². The summed E-state index contributed by atoms with van der Waals surface area (Å²) in [5.74, 6) is -0.840. The summed E-state index contributed by atoms with van der Waals surface area (Å²) in [6.45, 7) is 5.33. The molecule has 0 aliphatic carbocycles. The highest BCUT2D eigenvalue weighted by atomic mass is 16.5. The van der Waals surface area contributed by atoms with Crippen LogP contribution in [-0.2, 0) is 14.3 Å². The van der Waals surface area contributed by atoms with Crippen LogP contribution in [0.2, 0.25) is 0 Å². The highest BCUT2D eigenvalue weighted by molar-refractivity contribution is 6.39. The number of amides is 2. The van der Waals surface area contributed by atoms with E-state index in [0.717, 1.165) is 19.4 Å². The van der Waals surface area contributed by atoms with Crippen LogP contribution in [0.25, 0.3) is 0 Å². The van der Waals surface area contributed by atoms with Crippen LogP contribution in [0.1, 0.15) is 38.2 Å². The average Bonchev–Trinajstić information content (AvgIpc) is 2.98. The minimum Gasteiger partial charge on any atom is -0.376 e. The van der Waals surface area contributed by atoms with E-state index in [0.29, 0.717) is 18.2 Å². The molecule has 1 aromatic rings. The van der Waals surface area contributed by atoms with E-state index in [1.54, 1.807) is 12.1 Å². The number of hydrogen-bond donors (Lipinski definition) is 2. The minimum absolute atomic E-state index is 0.0343. The fraction of sp³-hybridized carbons (Fsp3) is 0.500. The van der Waals surface area contributed by atoms with Gasteiger partial charge in [0.25, 0.3) is 0 Å². The number of carbonyl (C=O) groups is 2. The minimum atomic E-state index is -0.648. The lowest BCUT2D eigenvalue weighted by Gasteiger charge is -2.11. The maximum absolute atomic E-state index is 11.8. The molecule has 5 heteroatoms. The van der Waals surface area contributed by atoms with Crippen LogP contribution < -0.4 is 10.6 Å². The Morgan fingerprint density at radius 2 is 1.95 bits per heavy atom. The molecule has 1 unspecified atom stereocenters. The molecule has 21 heavy (non-hydrogen) atoms. The van der Waals surface area contributed by atoms with Crippen molar-refractivity contribution in [1.82, 2.24) is 5.32 Å². The van der Waals surface area contributed by atoms with Crippen molar-refractivity contribution in [1.29, 1.82) is 0 Å². The second kappa shape index (κ2) is 7.22. The molecule has 0 aromatic heterocycles. The summed E-state index contributed by atoms with van der Waals surface area (Å²) in [5.41, 5.74) is 1.81. The molecule has 114 valence electrons. The van der Waals surface area contributed by atoms with Crippen molar-refractivity contribution in [3.63, 3.8) is 0 Å². The van der Waals surface area contributed by atoms with Gasteiger partial charge < -0.3 is 15.4 Å². The predicted molar refractivity (Wildman–Crippen MR) is 81.1 cm³/mol. The number of ether oxygens (including phenoxy) is 1. The summed E-state index contributed by atoms with van der Waals surface area (Å²) >= 11 is 0. The Morgan fingerprint density at radius 3 is 2.52 bits per heavy atom. The SMILES string of the molecule is CC(C)c1ccc(NC(=O)C(=O)NCC2CCCO2)cc1. The molecule has 1 aliphatic heterocycles. The molecule has 1 aromatic carbocycles. The maximum Gasteiger partial charge on any atom is 0.313 e. The first-order valence-electron chi connectivity index (χ1n) is 7.37. The molecule has 1 heterocycles. The van der Waals surface area contributed by atoms with Crippen molar-refractivity contribution in [2.75, 3.05) is 18.5 Å². The zero-order valence-corrected chi connectivity index (χ0v) is 12.5. The van der Waals surface area contributed by atoms with Gasteiger partial charge in [0.1, 0.15) is 0 Å². The fourth-order valence-corrected chi connectivity index (χ4v) is 2.23. The van der Waals surface area contributed by atoms with Gasteiger partial charge in [-0.15, -0.1) is 0 Å². The quantitative estimate of drug-likeness (QED) is 0.834. The average molecular weight is 290 g/mol. The molecule has 1 fully saturated rings. The van der Waals surface area contributed by atoms with E-state index in [2.05, 4.69) is 24.5 Å². The normalized spacial score (nSPS) is 17.8.